The normalized spacial score (nSPS) is 16.7. The average Bonchev–Trinajstić information content (AvgIpc) is 2.84. The molecule has 0 saturated carbocycles. The molecule has 0 radical (unpaired) electrons. The lowest BCUT2D eigenvalue weighted by Crippen LogP contribution is -2.60. The molecule has 1 aliphatic rings. The highest BCUT2D eigenvalue weighted by atomic mass is 16.5. The van der Waals surface area contributed by atoms with Crippen molar-refractivity contribution in [3.8, 4) is 5.75 Å². The second kappa shape index (κ2) is 15.4. The van der Waals surface area contributed by atoms with E-state index in [-0.39, 0.29) is 18.2 Å². The third kappa shape index (κ3) is 9.90. The Bertz CT molecular complexity index is 793. The summed E-state index contributed by atoms with van der Waals surface area (Å²) in [6.07, 6.45) is 8.38. The number of nitrogens with one attached hydrogen (secondary N) is 1. The Labute approximate surface area is 210 Å². The van der Waals surface area contributed by atoms with E-state index in [1.54, 1.807) is 6.92 Å². The van der Waals surface area contributed by atoms with Crippen LogP contribution in [0.25, 0.3) is 0 Å². The van der Waals surface area contributed by atoms with Crippen LogP contribution in [0.2, 0.25) is 0 Å². The minimum atomic E-state index is -0.878. The molecule has 1 aliphatic heterocycles. The van der Waals surface area contributed by atoms with Crippen LogP contribution >= 0.6 is 0 Å². The van der Waals surface area contributed by atoms with Gasteiger partial charge in [0.05, 0.1) is 13.0 Å². The van der Waals surface area contributed by atoms with Crippen molar-refractivity contribution in [2.45, 2.75) is 104 Å². The van der Waals surface area contributed by atoms with Crippen LogP contribution in [-0.4, -0.2) is 54.5 Å². The first-order valence-corrected chi connectivity index (χ1v) is 13.3. The Morgan fingerprint density at radius 3 is 2.26 bits per heavy atom. The maximum Gasteiger partial charge on any atom is 0.308 e. The molecule has 1 fully saturated rings. The Balaban J connectivity index is 1.80. The molecule has 1 saturated heterocycles. The SMILES string of the molecule is CCCCCCCCCCOC(=O)CC1C(=O)NCCN1C(=O)C(C)Oc1ccc(C(C)C)cc1. The van der Waals surface area contributed by atoms with Crippen LogP contribution in [0.1, 0.15) is 97.0 Å². The fraction of sp³-hybridized carbons (Fsp3) is 0.679. The predicted molar refractivity (Wildman–Crippen MR) is 137 cm³/mol. The second-order valence-electron chi connectivity index (χ2n) is 9.72. The number of piperazine rings is 1. The van der Waals surface area contributed by atoms with Gasteiger partial charge in [0.1, 0.15) is 11.8 Å². The van der Waals surface area contributed by atoms with E-state index in [9.17, 15) is 14.4 Å². The van der Waals surface area contributed by atoms with Crippen molar-refractivity contribution in [2.24, 2.45) is 0 Å². The van der Waals surface area contributed by atoms with Gasteiger partial charge in [-0.05, 0) is 37.0 Å². The number of nitrogens with zero attached hydrogens (tertiary/aromatic N) is 1. The van der Waals surface area contributed by atoms with Gasteiger partial charge in [-0.3, -0.25) is 14.4 Å². The number of benzene rings is 1. The van der Waals surface area contributed by atoms with Crippen molar-refractivity contribution in [3.05, 3.63) is 29.8 Å². The topological polar surface area (TPSA) is 84.9 Å². The van der Waals surface area contributed by atoms with Crippen molar-refractivity contribution in [2.75, 3.05) is 19.7 Å². The predicted octanol–water partition coefficient (Wildman–Crippen LogP) is 4.98. The third-order valence-electron chi connectivity index (χ3n) is 6.44. The van der Waals surface area contributed by atoms with Gasteiger partial charge < -0.3 is 19.7 Å². The van der Waals surface area contributed by atoms with Crippen LogP contribution in [0.3, 0.4) is 0 Å². The summed E-state index contributed by atoms with van der Waals surface area (Å²) in [4.78, 5) is 39.5. The van der Waals surface area contributed by atoms with Crippen LogP contribution in [0.4, 0.5) is 0 Å². The van der Waals surface area contributed by atoms with Crippen LogP contribution in [0.15, 0.2) is 24.3 Å². The maximum atomic E-state index is 13.1. The van der Waals surface area contributed by atoms with Crippen LogP contribution in [-0.2, 0) is 19.1 Å². The largest absolute Gasteiger partial charge is 0.481 e. The Morgan fingerprint density at radius 2 is 1.63 bits per heavy atom. The smallest absolute Gasteiger partial charge is 0.308 e. The number of amides is 2. The highest BCUT2D eigenvalue weighted by molar-refractivity contribution is 5.93. The van der Waals surface area contributed by atoms with E-state index in [2.05, 4.69) is 26.1 Å². The molecule has 0 aliphatic carbocycles. The molecule has 1 aromatic rings. The summed E-state index contributed by atoms with van der Waals surface area (Å²) >= 11 is 0. The molecule has 35 heavy (non-hydrogen) atoms. The quantitative estimate of drug-likeness (QED) is 0.278. The zero-order valence-electron chi connectivity index (χ0n) is 22.0. The van der Waals surface area contributed by atoms with Gasteiger partial charge in [0.15, 0.2) is 6.10 Å². The second-order valence-corrected chi connectivity index (χ2v) is 9.72. The van der Waals surface area contributed by atoms with E-state index in [0.29, 0.717) is 31.4 Å². The summed E-state index contributed by atoms with van der Waals surface area (Å²) in [7, 11) is 0. The average molecular weight is 489 g/mol. The first-order chi connectivity index (χ1) is 16.8. The first-order valence-electron chi connectivity index (χ1n) is 13.3. The highest BCUT2D eigenvalue weighted by Crippen LogP contribution is 2.21. The van der Waals surface area contributed by atoms with Crippen LogP contribution in [0, 0.1) is 0 Å². The summed E-state index contributed by atoms with van der Waals surface area (Å²) in [6.45, 7) is 9.14. The van der Waals surface area contributed by atoms with Gasteiger partial charge in [-0.25, -0.2) is 0 Å². The van der Waals surface area contributed by atoms with Gasteiger partial charge in [-0.1, -0.05) is 77.8 Å². The number of ether oxygens (including phenoxy) is 2. The summed E-state index contributed by atoms with van der Waals surface area (Å²) in [6, 6.07) is 6.79. The molecular formula is C28H44N2O5. The molecule has 0 bridgehead atoms. The lowest BCUT2D eigenvalue weighted by atomic mass is 10.0. The minimum absolute atomic E-state index is 0.148. The molecule has 1 heterocycles. The van der Waals surface area contributed by atoms with Gasteiger partial charge in [0.2, 0.25) is 5.91 Å². The lowest BCUT2D eigenvalue weighted by molar-refractivity contribution is -0.154. The molecule has 2 amide bonds. The standard InChI is InChI=1S/C28H44N2O5/c1-5-6-7-8-9-10-11-12-19-34-26(31)20-25-27(32)29-17-18-30(25)28(33)22(4)35-24-15-13-23(14-16-24)21(2)3/h13-16,21-22,25H,5-12,17-20H2,1-4H3,(H,29,32). The molecule has 2 atom stereocenters. The monoisotopic (exact) mass is 488 g/mol. The Hall–Kier alpha value is -2.57. The Morgan fingerprint density at radius 1 is 1.00 bits per heavy atom. The molecular weight excluding hydrogens is 444 g/mol. The maximum absolute atomic E-state index is 13.1. The molecule has 1 N–H and O–H groups in total. The third-order valence-corrected chi connectivity index (χ3v) is 6.44. The Kier molecular flexibility index (Phi) is 12.6. The van der Waals surface area contributed by atoms with Gasteiger partial charge >= 0.3 is 5.97 Å². The van der Waals surface area contributed by atoms with E-state index in [0.717, 1.165) is 19.3 Å². The number of hydrogen-bond acceptors (Lipinski definition) is 5. The summed E-state index contributed by atoms with van der Waals surface area (Å²) < 4.78 is 11.2. The molecule has 0 spiro atoms. The van der Waals surface area contributed by atoms with E-state index < -0.39 is 18.1 Å². The number of hydrogen-bond donors (Lipinski definition) is 1. The molecule has 2 rings (SSSR count). The molecule has 196 valence electrons. The van der Waals surface area contributed by atoms with Crippen molar-refractivity contribution in [3.63, 3.8) is 0 Å². The minimum Gasteiger partial charge on any atom is -0.481 e. The lowest BCUT2D eigenvalue weighted by Gasteiger charge is -2.36. The summed E-state index contributed by atoms with van der Waals surface area (Å²) in [5.74, 6) is -0.0921. The highest BCUT2D eigenvalue weighted by Gasteiger charge is 2.37. The summed E-state index contributed by atoms with van der Waals surface area (Å²) in [5, 5.41) is 2.75. The molecule has 0 aromatic heterocycles. The molecule has 7 nitrogen and oxygen atoms in total. The van der Waals surface area contributed by atoms with Crippen LogP contribution in [0.5, 0.6) is 5.75 Å². The zero-order chi connectivity index (χ0) is 25.6. The fourth-order valence-electron chi connectivity index (χ4n) is 4.24. The van der Waals surface area contributed by atoms with Crippen LogP contribution < -0.4 is 10.1 Å². The van der Waals surface area contributed by atoms with E-state index in [1.807, 2.05) is 24.3 Å². The molecule has 7 heteroatoms. The molecule has 1 aromatic carbocycles. The first kappa shape index (κ1) is 28.7. The van der Waals surface area contributed by atoms with Crippen molar-refractivity contribution in [1.82, 2.24) is 10.2 Å². The van der Waals surface area contributed by atoms with E-state index >= 15 is 0 Å². The van der Waals surface area contributed by atoms with Gasteiger partial charge in [0, 0.05) is 13.1 Å². The number of carbonyl (C=O) groups excluding carboxylic acids is 3. The number of unbranched alkanes of at least 4 members (excludes halogenated alkanes) is 7. The fourth-order valence-corrected chi connectivity index (χ4v) is 4.24. The van der Waals surface area contributed by atoms with Gasteiger partial charge in [-0.2, -0.15) is 0 Å². The number of carbonyl (C=O) groups is 3. The van der Waals surface area contributed by atoms with Crippen molar-refractivity contribution in [1.29, 1.82) is 0 Å². The summed E-state index contributed by atoms with van der Waals surface area (Å²) in [5.41, 5.74) is 1.19. The number of esters is 1. The van der Waals surface area contributed by atoms with E-state index in [1.165, 1.54) is 42.6 Å². The van der Waals surface area contributed by atoms with Crippen molar-refractivity contribution >= 4 is 17.8 Å². The zero-order valence-corrected chi connectivity index (χ0v) is 22.0. The van der Waals surface area contributed by atoms with Gasteiger partial charge in [0.25, 0.3) is 5.91 Å². The van der Waals surface area contributed by atoms with Crippen molar-refractivity contribution < 1.29 is 23.9 Å². The number of rotatable bonds is 15. The van der Waals surface area contributed by atoms with Gasteiger partial charge in [-0.15, -0.1) is 0 Å². The van der Waals surface area contributed by atoms with E-state index in [4.69, 9.17) is 9.47 Å². The molecule has 2 unspecified atom stereocenters.